The van der Waals surface area contributed by atoms with Crippen molar-refractivity contribution in [3.63, 3.8) is 0 Å². The van der Waals surface area contributed by atoms with E-state index in [9.17, 15) is 0 Å². The molecule has 0 radical (unpaired) electrons. The van der Waals surface area contributed by atoms with Gasteiger partial charge < -0.3 is 14.7 Å². The number of fused-ring (bicyclic) bond motifs is 5. The molecule has 0 aromatic heterocycles. The predicted molar refractivity (Wildman–Crippen MR) is 287 cm³/mol. The number of carbonyl (C=O) groups excluding carboxylic acids is 1. The van der Waals surface area contributed by atoms with Crippen LogP contribution in [0.4, 0.5) is 51.2 Å². The van der Waals surface area contributed by atoms with Crippen molar-refractivity contribution >= 4 is 73.8 Å². The molecular formula is C65H49N3O. The monoisotopic (exact) mass is 887 g/mol. The van der Waals surface area contributed by atoms with Crippen LogP contribution in [0.1, 0.15) is 62.6 Å². The normalized spacial score (nSPS) is 13.4. The molecule has 1 heterocycles. The molecule has 0 amide bonds. The highest BCUT2D eigenvalue weighted by Gasteiger charge is 2.47. The fourth-order valence-corrected chi connectivity index (χ4v) is 10.9. The van der Waals surface area contributed by atoms with Crippen LogP contribution in [0.3, 0.4) is 0 Å². The molecule has 2 aliphatic rings. The number of benzene rings is 10. The maximum atomic E-state index is 15.3. The van der Waals surface area contributed by atoms with Crippen LogP contribution in [0, 0.1) is 6.92 Å². The van der Waals surface area contributed by atoms with Gasteiger partial charge in [-0.2, -0.15) is 0 Å². The predicted octanol–water partition coefficient (Wildman–Crippen LogP) is 17.2. The molecule has 0 bridgehead atoms. The molecule has 0 fully saturated rings. The molecule has 0 saturated carbocycles. The Morgan fingerprint density at radius 2 is 0.971 bits per heavy atom. The molecule has 330 valence electrons. The second kappa shape index (κ2) is 17.2. The van der Waals surface area contributed by atoms with Gasteiger partial charge in [0.25, 0.3) is 0 Å². The highest BCUT2D eigenvalue weighted by atomic mass is 16.1. The van der Waals surface area contributed by atoms with Crippen LogP contribution < -0.4 is 14.7 Å². The molecule has 12 rings (SSSR count). The van der Waals surface area contributed by atoms with Crippen molar-refractivity contribution in [1.82, 2.24) is 0 Å². The van der Waals surface area contributed by atoms with Gasteiger partial charge in [0.05, 0.1) is 28.2 Å². The zero-order valence-corrected chi connectivity index (χ0v) is 38.6. The second-order valence-corrected chi connectivity index (χ2v) is 18.0. The van der Waals surface area contributed by atoms with E-state index in [-0.39, 0.29) is 5.78 Å². The van der Waals surface area contributed by atoms with Crippen LogP contribution in [-0.2, 0) is 5.41 Å². The molecule has 1 aliphatic heterocycles. The minimum Gasteiger partial charge on any atom is -0.310 e. The second-order valence-electron chi connectivity index (χ2n) is 18.0. The molecule has 10 aromatic rings. The number of nitrogens with zero attached hydrogens (tertiary/aromatic N) is 3. The average Bonchev–Trinajstić information content (AvgIpc) is 3.41. The number of hydrogen-bond acceptors (Lipinski definition) is 4. The summed E-state index contributed by atoms with van der Waals surface area (Å²) in [5, 5.41) is 2.30. The Hall–Kier alpha value is -8.73. The third kappa shape index (κ3) is 6.87. The summed E-state index contributed by atoms with van der Waals surface area (Å²) in [6.07, 6.45) is 5.43. The Balaban J connectivity index is 1.15. The van der Waals surface area contributed by atoms with Gasteiger partial charge in [-0.05, 0) is 142 Å². The van der Waals surface area contributed by atoms with E-state index in [1.807, 2.05) is 12.1 Å². The SMILES string of the molecule is CC/C=C\c1cc2cc3c(cc2cc1C)N(c1ccccc1)c1cc(N(c2ccccc2)c2ccccc2)ccc1N3c1ccc2c(c1)C(=O)c1ccccc1C2(c1ccccc1)c1ccccc1. The highest BCUT2D eigenvalue weighted by molar-refractivity contribution is 6.15. The lowest BCUT2D eigenvalue weighted by Gasteiger charge is -2.43. The fraction of sp³-hybridized carbons (Fsp3) is 0.0615. The molecule has 0 unspecified atom stereocenters. The van der Waals surface area contributed by atoms with Gasteiger partial charge in [-0.25, -0.2) is 0 Å². The molecule has 4 nitrogen and oxygen atoms in total. The van der Waals surface area contributed by atoms with Crippen molar-refractivity contribution in [2.75, 3.05) is 14.7 Å². The first-order valence-corrected chi connectivity index (χ1v) is 23.9. The van der Waals surface area contributed by atoms with Gasteiger partial charge in [0.15, 0.2) is 5.78 Å². The minimum absolute atomic E-state index is 0.0198. The van der Waals surface area contributed by atoms with E-state index in [2.05, 4.69) is 265 Å². The summed E-state index contributed by atoms with van der Waals surface area (Å²) in [6.45, 7) is 4.37. The average molecular weight is 888 g/mol. The standard InChI is InChI=1S/C65H49N3O/c1-3-4-22-46-40-48-42-62-61(41-47(48)39-45(46)2)67(53-31-18-9-19-32-53)63-44-55(66(51-27-14-7-15-28-51)52-29-16-8-17-30-52)36-38-60(63)68(62)54-35-37-59-57(43-54)64(69)56-33-20-21-34-58(56)65(59,49-23-10-5-11-24-49)50-25-12-6-13-26-50/h4-44H,3H2,1-2H3/b22-4-. The molecular weight excluding hydrogens is 839 g/mol. The molecule has 10 aromatic carbocycles. The van der Waals surface area contributed by atoms with Crippen LogP contribution in [0.5, 0.6) is 0 Å². The van der Waals surface area contributed by atoms with E-state index < -0.39 is 5.41 Å². The van der Waals surface area contributed by atoms with Crippen LogP contribution >= 0.6 is 0 Å². The Morgan fingerprint density at radius 1 is 0.449 bits per heavy atom. The lowest BCUT2D eigenvalue weighted by molar-refractivity contribution is 0.103. The Labute approximate surface area is 404 Å². The number of carbonyl (C=O) groups is 1. The van der Waals surface area contributed by atoms with E-state index in [1.54, 1.807) is 0 Å². The number of anilines is 9. The number of rotatable bonds is 9. The van der Waals surface area contributed by atoms with Crippen LogP contribution in [0.2, 0.25) is 0 Å². The number of ketones is 1. The first-order chi connectivity index (χ1) is 34.0. The van der Waals surface area contributed by atoms with Gasteiger partial charge in [-0.15, -0.1) is 0 Å². The highest BCUT2D eigenvalue weighted by Crippen LogP contribution is 2.58. The topological polar surface area (TPSA) is 26.8 Å². The summed E-state index contributed by atoms with van der Waals surface area (Å²) in [7, 11) is 0. The Kier molecular flexibility index (Phi) is 10.4. The van der Waals surface area contributed by atoms with E-state index in [4.69, 9.17) is 0 Å². The summed E-state index contributed by atoms with van der Waals surface area (Å²) in [6, 6.07) is 84.1. The summed E-state index contributed by atoms with van der Waals surface area (Å²) in [5.41, 5.74) is 16.4. The minimum atomic E-state index is -0.744. The first-order valence-electron chi connectivity index (χ1n) is 23.9. The number of para-hydroxylation sites is 3. The zero-order valence-electron chi connectivity index (χ0n) is 38.6. The van der Waals surface area contributed by atoms with E-state index in [1.165, 1.54) is 11.1 Å². The number of hydrogen-bond donors (Lipinski definition) is 0. The summed E-state index contributed by atoms with van der Waals surface area (Å²) in [4.78, 5) is 22.4. The third-order valence-corrected chi connectivity index (χ3v) is 14.0. The van der Waals surface area contributed by atoms with Crippen LogP contribution in [0.25, 0.3) is 16.8 Å². The molecule has 69 heavy (non-hydrogen) atoms. The van der Waals surface area contributed by atoms with Crippen molar-refractivity contribution in [1.29, 1.82) is 0 Å². The fourth-order valence-electron chi connectivity index (χ4n) is 10.9. The molecule has 1 aliphatic carbocycles. The van der Waals surface area contributed by atoms with E-state index in [0.29, 0.717) is 11.1 Å². The quantitative estimate of drug-likeness (QED) is 0.144. The van der Waals surface area contributed by atoms with Gasteiger partial charge in [0.2, 0.25) is 0 Å². The third-order valence-electron chi connectivity index (χ3n) is 14.0. The molecule has 0 atom stereocenters. The Morgan fingerprint density at radius 3 is 1.59 bits per heavy atom. The molecule has 0 N–H and O–H groups in total. The van der Waals surface area contributed by atoms with Crippen molar-refractivity contribution in [3.05, 3.63) is 287 Å². The molecule has 0 saturated heterocycles. The maximum absolute atomic E-state index is 15.3. The van der Waals surface area contributed by atoms with Gasteiger partial charge in [-0.3, -0.25) is 4.79 Å². The van der Waals surface area contributed by atoms with Crippen LogP contribution in [-0.4, -0.2) is 5.78 Å². The number of allylic oxidation sites excluding steroid dienone is 1. The molecule has 4 heteroatoms. The first kappa shape index (κ1) is 41.7. The van der Waals surface area contributed by atoms with Crippen molar-refractivity contribution in [3.8, 4) is 0 Å². The van der Waals surface area contributed by atoms with Crippen molar-refractivity contribution in [2.45, 2.75) is 25.7 Å². The molecule has 0 spiro atoms. The maximum Gasteiger partial charge on any atom is 0.193 e. The van der Waals surface area contributed by atoms with Gasteiger partial charge in [0.1, 0.15) is 0 Å². The van der Waals surface area contributed by atoms with E-state index in [0.717, 1.165) is 90.6 Å². The largest absolute Gasteiger partial charge is 0.310 e. The van der Waals surface area contributed by atoms with Crippen molar-refractivity contribution < 1.29 is 4.79 Å². The van der Waals surface area contributed by atoms with Gasteiger partial charge in [0, 0.05) is 39.6 Å². The summed E-state index contributed by atoms with van der Waals surface area (Å²) < 4.78 is 0. The summed E-state index contributed by atoms with van der Waals surface area (Å²) >= 11 is 0. The van der Waals surface area contributed by atoms with Gasteiger partial charge in [-0.1, -0.05) is 171 Å². The van der Waals surface area contributed by atoms with Gasteiger partial charge >= 0.3 is 0 Å². The van der Waals surface area contributed by atoms with Crippen molar-refractivity contribution in [2.24, 2.45) is 0 Å². The lowest BCUT2D eigenvalue weighted by atomic mass is 9.59. The van der Waals surface area contributed by atoms with Crippen LogP contribution in [0.15, 0.2) is 243 Å². The lowest BCUT2D eigenvalue weighted by Crippen LogP contribution is -2.38. The smallest absolute Gasteiger partial charge is 0.193 e. The van der Waals surface area contributed by atoms with E-state index >= 15 is 4.79 Å². The zero-order chi connectivity index (χ0) is 46.5. The number of aryl methyl sites for hydroxylation is 1. The Bertz CT molecular complexity index is 3490. The summed E-state index contributed by atoms with van der Waals surface area (Å²) in [5.74, 6) is 0.0198.